The van der Waals surface area contributed by atoms with Gasteiger partial charge in [0.2, 0.25) is 5.91 Å². The van der Waals surface area contributed by atoms with Gasteiger partial charge in [-0.25, -0.2) is 0 Å². The maximum atomic E-state index is 12.1. The molecule has 1 fully saturated rings. The molecule has 1 aliphatic heterocycles. The van der Waals surface area contributed by atoms with Gasteiger partial charge in [0.1, 0.15) is 0 Å². The topological polar surface area (TPSA) is 35.6 Å². The molecule has 0 atom stereocenters. The van der Waals surface area contributed by atoms with Gasteiger partial charge in [-0.3, -0.25) is 9.69 Å². The second kappa shape index (κ2) is 5.95. The number of piperazine rings is 1. The number of thiophene rings is 1. The number of rotatable bonds is 3. The zero-order valence-electron chi connectivity index (χ0n) is 9.78. The molecule has 2 heterocycles. The van der Waals surface area contributed by atoms with Gasteiger partial charge >= 0.3 is 0 Å². The molecular weight excluding hydrogens is 302 g/mol. The molecular formula is C11H16BrN3OS. The first kappa shape index (κ1) is 13.0. The van der Waals surface area contributed by atoms with E-state index in [1.54, 1.807) is 16.2 Å². The molecule has 0 radical (unpaired) electrons. The van der Waals surface area contributed by atoms with E-state index in [4.69, 9.17) is 0 Å². The zero-order chi connectivity index (χ0) is 12.3. The molecule has 2 rings (SSSR count). The Balaban J connectivity index is 1.90. The first-order valence-electron chi connectivity index (χ1n) is 5.62. The average Bonchev–Trinajstić information content (AvgIpc) is 2.76. The summed E-state index contributed by atoms with van der Waals surface area (Å²) >= 11 is 4.99. The van der Waals surface area contributed by atoms with Crippen LogP contribution in [0.1, 0.15) is 0 Å². The molecule has 1 saturated heterocycles. The van der Waals surface area contributed by atoms with E-state index in [2.05, 4.69) is 26.1 Å². The van der Waals surface area contributed by atoms with Crippen LogP contribution in [-0.2, 0) is 4.79 Å². The van der Waals surface area contributed by atoms with E-state index in [9.17, 15) is 4.79 Å². The van der Waals surface area contributed by atoms with E-state index in [-0.39, 0.29) is 5.91 Å². The van der Waals surface area contributed by atoms with Gasteiger partial charge in [-0.15, -0.1) is 11.3 Å². The summed E-state index contributed by atoms with van der Waals surface area (Å²) in [5, 5.41) is 4.26. The van der Waals surface area contributed by atoms with E-state index >= 15 is 0 Å². The first-order chi connectivity index (χ1) is 8.16. The van der Waals surface area contributed by atoms with E-state index < -0.39 is 0 Å². The Hall–Kier alpha value is -0.430. The van der Waals surface area contributed by atoms with Crippen molar-refractivity contribution in [1.29, 1.82) is 0 Å². The zero-order valence-corrected chi connectivity index (χ0v) is 12.2. The van der Waals surface area contributed by atoms with Crippen molar-refractivity contribution in [3.05, 3.63) is 15.9 Å². The summed E-state index contributed by atoms with van der Waals surface area (Å²) in [5.41, 5.74) is 0. The molecule has 0 spiro atoms. The molecule has 94 valence electrons. The molecule has 0 aromatic carbocycles. The predicted octanol–water partition coefficient (Wildman–Crippen LogP) is 1.38. The molecule has 4 nitrogen and oxygen atoms in total. The average molecular weight is 318 g/mol. The number of nitrogens with zero attached hydrogens (tertiary/aromatic N) is 2. The Bertz CT molecular complexity index is 390. The van der Waals surface area contributed by atoms with Gasteiger partial charge in [0, 0.05) is 33.2 Å². The van der Waals surface area contributed by atoms with Gasteiger partial charge in [0.15, 0.2) is 0 Å². The summed E-state index contributed by atoms with van der Waals surface area (Å²) in [6.07, 6.45) is 0. The van der Waals surface area contributed by atoms with Crippen molar-refractivity contribution in [3.63, 3.8) is 0 Å². The molecule has 1 amide bonds. The number of hydrogen-bond acceptors (Lipinski definition) is 4. The van der Waals surface area contributed by atoms with Crippen LogP contribution in [0.2, 0.25) is 0 Å². The molecule has 1 N–H and O–H groups in total. The second-order valence-corrected chi connectivity index (χ2v) is 6.50. The van der Waals surface area contributed by atoms with Crippen LogP contribution in [0.15, 0.2) is 15.9 Å². The number of likely N-dealkylation sites (N-methyl/N-ethyl adjacent to an activating group) is 1. The number of amides is 1. The minimum Gasteiger partial charge on any atom is -0.314 e. The van der Waals surface area contributed by atoms with Crippen LogP contribution in [0.5, 0.6) is 0 Å². The Kier molecular flexibility index (Phi) is 4.55. The maximum absolute atomic E-state index is 12.1. The van der Waals surface area contributed by atoms with Crippen LogP contribution in [0.4, 0.5) is 5.00 Å². The number of anilines is 1. The van der Waals surface area contributed by atoms with Crippen molar-refractivity contribution < 1.29 is 4.79 Å². The summed E-state index contributed by atoms with van der Waals surface area (Å²) in [7, 11) is 1.84. The summed E-state index contributed by atoms with van der Waals surface area (Å²) in [6.45, 7) is 4.36. The smallest absolute Gasteiger partial charge is 0.241 e. The van der Waals surface area contributed by atoms with Gasteiger partial charge < -0.3 is 10.2 Å². The highest BCUT2D eigenvalue weighted by Gasteiger charge is 2.18. The van der Waals surface area contributed by atoms with Crippen LogP contribution in [0, 0.1) is 0 Å². The molecule has 0 bridgehead atoms. The molecule has 0 saturated carbocycles. The number of nitrogens with one attached hydrogen (secondary N) is 1. The third-order valence-corrected chi connectivity index (χ3v) is 4.53. The van der Waals surface area contributed by atoms with Gasteiger partial charge in [0.05, 0.1) is 15.3 Å². The fourth-order valence-electron chi connectivity index (χ4n) is 1.77. The van der Waals surface area contributed by atoms with Crippen LogP contribution in [0.3, 0.4) is 0 Å². The lowest BCUT2D eigenvalue weighted by Gasteiger charge is -2.28. The van der Waals surface area contributed by atoms with Crippen molar-refractivity contribution in [1.82, 2.24) is 10.2 Å². The molecule has 1 aromatic rings. The fourth-order valence-corrected chi connectivity index (χ4v) is 3.11. The largest absolute Gasteiger partial charge is 0.314 e. The molecule has 0 aliphatic carbocycles. The maximum Gasteiger partial charge on any atom is 0.241 e. The Labute approximate surface area is 114 Å². The number of carbonyl (C=O) groups is 1. The van der Waals surface area contributed by atoms with Gasteiger partial charge in [-0.1, -0.05) is 0 Å². The van der Waals surface area contributed by atoms with E-state index in [0.29, 0.717) is 6.54 Å². The Morgan fingerprint density at radius 2 is 2.24 bits per heavy atom. The summed E-state index contributed by atoms with van der Waals surface area (Å²) in [5.74, 6) is 0.154. The molecule has 0 unspecified atom stereocenters. The normalized spacial score (nSPS) is 17.1. The summed E-state index contributed by atoms with van der Waals surface area (Å²) in [4.78, 5) is 16.0. The minimum atomic E-state index is 0.154. The van der Waals surface area contributed by atoms with Crippen molar-refractivity contribution >= 4 is 38.2 Å². The van der Waals surface area contributed by atoms with Crippen LogP contribution < -0.4 is 10.2 Å². The highest BCUT2D eigenvalue weighted by Crippen LogP contribution is 2.29. The quantitative estimate of drug-likeness (QED) is 0.915. The first-order valence-corrected chi connectivity index (χ1v) is 7.23. The second-order valence-electron chi connectivity index (χ2n) is 4.06. The monoisotopic (exact) mass is 317 g/mol. The van der Waals surface area contributed by atoms with E-state index in [1.165, 1.54) is 0 Å². The standard InChI is InChI=1S/C11H16BrN3OS/c1-14(11-3-2-9(12)17-11)10(16)8-15-6-4-13-5-7-15/h2-3,13H,4-8H2,1H3. The SMILES string of the molecule is CN(C(=O)CN1CCNCC1)c1ccc(Br)s1. The van der Waals surface area contributed by atoms with Crippen molar-refractivity contribution in [2.24, 2.45) is 0 Å². The number of carbonyl (C=O) groups excluding carboxylic acids is 1. The van der Waals surface area contributed by atoms with E-state index in [0.717, 1.165) is 35.0 Å². The lowest BCUT2D eigenvalue weighted by atomic mass is 10.3. The third-order valence-electron chi connectivity index (χ3n) is 2.83. The molecule has 1 aliphatic rings. The Morgan fingerprint density at radius 1 is 1.53 bits per heavy atom. The predicted molar refractivity (Wildman–Crippen MR) is 74.7 cm³/mol. The Morgan fingerprint density at radius 3 is 2.82 bits per heavy atom. The molecule has 1 aromatic heterocycles. The van der Waals surface area contributed by atoms with Crippen LogP contribution in [0.25, 0.3) is 0 Å². The van der Waals surface area contributed by atoms with E-state index in [1.807, 2.05) is 19.2 Å². The van der Waals surface area contributed by atoms with Crippen molar-refractivity contribution in [2.45, 2.75) is 0 Å². The van der Waals surface area contributed by atoms with Gasteiger partial charge in [-0.2, -0.15) is 0 Å². The minimum absolute atomic E-state index is 0.154. The lowest BCUT2D eigenvalue weighted by Crippen LogP contribution is -2.47. The van der Waals surface area contributed by atoms with Crippen LogP contribution >= 0.6 is 27.3 Å². The lowest BCUT2D eigenvalue weighted by molar-refractivity contribution is -0.119. The fraction of sp³-hybridized carbons (Fsp3) is 0.545. The highest BCUT2D eigenvalue weighted by atomic mass is 79.9. The van der Waals surface area contributed by atoms with Crippen molar-refractivity contribution in [3.8, 4) is 0 Å². The number of halogens is 1. The summed E-state index contributed by atoms with van der Waals surface area (Å²) < 4.78 is 1.05. The third kappa shape index (κ3) is 3.51. The van der Waals surface area contributed by atoms with Gasteiger partial charge in [-0.05, 0) is 28.1 Å². The highest BCUT2D eigenvalue weighted by molar-refractivity contribution is 9.11. The summed E-state index contributed by atoms with van der Waals surface area (Å²) in [6, 6.07) is 3.93. The van der Waals surface area contributed by atoms with Crippen molar-refractivity contribution in [2.75, 3.05) is 44.7 Å². The number of hydrogen-bond donors (Lipinski definition) is 1. The van der Waals surface area contributed by atoms with Crippen LogP contribution in [-0.4, -0.2) is 50.6 Å². The molecule has 17 heavy (non-hydrogen) atoms. The van der Waals surface area contributed by atoms with Gasteiger partial charge in [0.25, 0.3) is 0 Å². The molecule has 6 heteroatoms.